The van der Waals surface area contributed by atoms with Gasteiger partial charge in [-0.25, -0.2) is 9.59 Å². The van der Waals surface area contributed by atoms with Crippen molar-refractivity contribution in [1.29, 1.82) is 0 Å². The number of unbranched alkanes of at least 4 members (excludes halogenated alkanes) is 2. The first-order chi connectivity index (χ1) is 14.8. The summed E-state index contributed by atoms with van der Waals surface area (Å²) in [4.78, 5) is 34.4. The molecule has 0 saturated heterocycles. The third-order valence-corrected chi connectivity index (χ3v) is 3.98. The monoisotopic (exact) mass is 437 g/mol. The van der Waals surface area contributed by atoms with Crippen LogP contribution >= 0.6 is 0 Å². The van der Waals surface area contributed by atoms with Gasteiger partial charge in [-0.2, -0.15) is 0 Å². The number of aliphatic hydroxyl groups is 1. The summed E-state index contributed by atoms with van der Waals surface area (Å²) < 4.78 is 19.2. The van der Waals surface area contributed by atoms with E-state index in [1.807, 2.05) is 0 Å². The summed E-state index contributed by atoms with van der Waals surface area (Å²) >= 11 is 0. The molecule has 0 spiro atoms. The van der Waals surface area contributed by atoms with Crippen molar-refractivity contribution in [2.75, 3.05) is 20.5 Å². The van der Waals surface area contributed by atoms with Gasteiger partial charge in [-0.15, -0.1) is 0 Å². The second-order valence-corrected chi connectivity index (χ2v) is 6.97. The third-order valence-electron chi connectivity index (χ3n) is 3.98. The molecule has 9 heteroatoms. The highest BCUT2D eigenvalue weighted by Crippen LogP contribution is 2.28. The molecular formula is C22H31NO8. The fourth-order valence-corrected chi connectivity index (χ4v) is 2.42. The van der Waals surface area contributed by atoms with Crippen molar-refractivity contribution in [3.05, 3.63) is 35.9 Å². The number of aliphatic hydroxyl groups excluding tert-OH is 1. The average molecular weight is 437 g/mol. The first-order valence-electron chi connectivity index (χ1n) is 10.1. The lowest BCUT2D eigenvalue weighted by Gasteiger charge is -2.12. The smallest absolute Gasteiger partial charge is 0.493 e. The van der Waals surface area contributed by atoms with Gasteiger partial charge in [0.2, 0.25) is 12.7 Å². The van der Waals surface area contributed by atoms with Crippen LogP contribution in [0.4, 0.5) is 4.79 Å². The maximum Gasteiger partial charge on any atom is 0.516 e. The molecule has 1 aromatic carbocycles. The summed E-state index contributed by atoms with van der Waals surface area (Å²) in [5.74, 6) is -0.0503. The van der Waals surface area contributed by atoms with Crippen LogP contribution in [0.5, 0.6) is 11.5 Å². The van der Waals surface area contributed by atoms with Gasteiger partial charge in [-0.05, 0) is 42.9 Å². The molecule has 1 aromatic rings. The Balaban J connectivity index is 2.42. The lowest BCUT2D eigenvalue weighted by molar-refractivity contribution is -0.155. The number of nitrogens with one attached hydrogen (secondary N) is 1. The molecule has 31 heavy (non-hydrogen) atoms. The molecule has 0 aliphatic rings. The summed E-state index contributed by atoms with van der Waals surface area (Å²) in [5, 5.41) is 11.4. The van der Waals surface area contributed by atoms with E-state index in [4.69, 9.17) is 14.6 Å². The lowest BCUT2D eigenvalue weighted by Crippen LogP contribution is -2.22. The van der Waals surface area contributed by atoms with Gasteiger partial charge in [-0.1, -0.05) is 32.1 Å². The Morgan fingerprint density at radius 2 is 1.90 bits per heavy atom. The predicted molar refractivity (Wildman–Crippen MR) is 112 cm³/mol. The van der Waals surface area contributed by atoms with Crippen LogP contribution in [-0.2, 0) is 25.6 Å². The topological polar surface area (TPSA) is 120 Å². The second kappa shape index (κ2) is 14.8. The minimum Gasteiger partial charge on any atom is -0.493 e. The lowest BCUT2D eigenvalue weighted by atomic mass is 10.1. The van der Waals surface area contributed by atoms with Crippen LogP contribution in [0.3, 0.4) is 0 Å². The zero-order chi connectivity index (χ0) is 23.1. The standard InChI is InChI=1S/C22H31NO8/c1-16(2)8-6-4-5-7-9-20(25)23-13-17-10-11-18(19(12-17)28-3)31-22(27)30-15-29-21(26)14-24/h6,8,10-12,16,24H,4-5,7,9,13-15H2,1-3H3,(H,23,25)/b8-6+. The van der Waals surface area contributed by atoms with Crippen molar-refractivity contribution in [3.8, 4) is 11.5 Å². The fraction of sp³-hybridized carbons (Fsp3) is 0.500. The van der Waals surface area contributed by atoms with Crippen LogP contribution in [0.1, 0.15) is 45.1 Å². The van der Waals surface area contributed by atoms with E-state index in [1.165, 1.54) is 13.2 Å². The van der Waals surface area contributed by atoms with E-state index in [9.17, 15) is 14.4 Å². The van der Waals surface area contributed by atoms with Crippen LogP contribution in [-0.4, -0.2) is 43.6 Å². The van der Waals surface area contributed by atoms with Crippen LogP contribution in [0.25, 0.3) is 0 Å². The van der Waals surface area contributed by atoms with Crippen molar-refractivity contribution in [2.45, 2.75) is 46.1 Å². The number of amides is 1. The van der Waals surface area contributed by atoms with Crippen LogP contribution in [0, 0.1) is 5.92 Å². The molecule has 0 aromatic heterocycles. The molecular weight excluding hydrogens is 406 g/mol. The van der Waals surface area contributed by atoms with E-state index in [2.05, 4.69) is 40.8 Å². The molecule has 0 aliphatic heterocycles. The van der Waals surface area contributed by atoms with E-state index in [1.54, 1.807) is 12.1 Å². The number of hydrogen-bond donors (Lipinski definition) is 2. The number of rotatable bonds is 13. The Morgan fingerprint density at radius 3 is 2.58 bits per heavy atom. The van der Waals surface area contributed by atoms with E-state index in [-0.39, 0.29) is 17.4 Å². The normalized spacial score (nSPS) is 10.7. The van der Waals surface area contributed by atoms with Gasteiger partial charge < -0.3 is 29.4 Å². The van der Waals surface area contributed by atoms with Crippen molar-refractivity contribution in [3.63, 3.8) is 0 Å². The van der Waals surface area contributed by atoms with Gasteiger partial charge >= 0.3 is 12.1 Å². The summed E-state index contributed by atoms with van der Waals surface area (Å²) in [6.07, 6.45) is 6.42. The highest BCUT2D eigenvalue weighted by Gasteiger charge is 2.13. The van der Waals surface area contributed by atoms with Crippen molar-refractivity contribution < 1.29 is 38.4 Å². The molecule has 0 saturated carbocycles. The number of hydrogen-bond acceptors (Lipinski definition) is 8. The van der Waals surface area contributed by atoms with Gasteiger partial charge in [0.1, 0.15) is 6.61 Å². The Morgan fingerprint density at radius 1 is 1.13 bits per heavy atom. The molecule has 172 valence electrons. The molecule has 0 unspecified atom stereocenters. The van der Waals surface area contributed by atoms with Gasteiger partial charge in [0.15, 0.2) is 11.5 Å². The zero-order valence-corrected chi connectivity index (χ0v) is 18.2. The van der Waals surface area contributed by atoms with Crippen LogP contribution in [0.2, 0.25) is 0 Å². The van der Waals surface area contributed by atoms with Gasteiger partial charge in [-0.3, -0.25) is 4.79 Å². The summed E-state index contributed by atoms with van der Waals surface area (Å²) in [7, 11) is 1.41. The third kappa shape index (κ3) is 11.6. The van der Waals surface area contributed by atoms with E-state index in [0.717, 1.165) is 24.8 Å². The first-order valence-corrected chi connectivity index (χ1v) is 10.1. The van der Waals surface area contributed by atoms with E-state index < -0.39 is 25.5 Å². The minimum atomic E-state index is -1.10. The number of carbonyl (C=O) groups excluding carboxylic acids is 3. The predicted octanol–water partition coefficient (Wildman–Crippen LogP) is 3.09. The number of methoxy groups -OCH3 is 1. The average Bonchev–Trinajstić information content (AvgIpc) is 2.74. The zero-order valence-electron chi connectivity index (χ0n) is 18.2. The van der Waals surface area contributed by atoms with Crippen LogP contribution < -0.4 is 14.8 Å². The Hall–Kier alpha value is -3.07. The van der Waals surface area contributed by atoms with Crippen molar-refractivity contribution >= 4 is 18.0 Å². The molecule has 2 N–H and O–H groups in total. The largest absolute Gasteiger partial charge is 0.516 e. The quantitative estimate of drug-likeness (QED) is 0.159. The Bertz CT molecular complexity index is 745. The summed E-state index contributed by atoms with van der Waals surface area (Å²) in [5.41, 5.74) is 0.766. The fourth-order valence-electron chi connectivity index (χ4n) is 2.42. The molecule has 0 fully saturated rings. The Labute approximate surface area is 182 Å². The SMILES string of the molecule is COc1cc(CNC(=O)CCCC/C=C/C(C)C)ccc1OC(=O)OCOC(=O)CO. The second-order valence-electron chi connectivity index (χ2n) is 6.97. The molecule has 0 atom stereocenters. The first kappa shape index (κ1) is 26.0. The molecule has 1 amide bonds. The highest BCUT2D eigenvalue weighted by molar-refractivity contribution is 5.75. The maximum atomic E-state index is 12.0. The van der Waals surface area contributed by atoms with E-state index >= 15 is 0 Å². The number of esters is 1. The number of carbonyl (C=O) groups is 3. The molecule has 9 nitrogen and oxygen atoms in total. The number of ether oxygens (including phenoxy) is 4. The van der Waals surface area contributed by atoms with Crippen LogP contribution in [0.15, 0.2) is 30.4 Å². The number of allylic oxidation sites excluding steroid dienone is 2. The van der Waals surface area contributed by atoms with Gasteiger partial charge in [0.25, 0.3) is 0 Å². The summed E-state index contributed by atoms with van der Waals surface area (Å²) in [6, 6.07) is 4.81. The molecule has 0 radical (unpaired) electrons. The Kier molecular flexibility index (Phi) is 12.4. The van der Waals surface area contributed by atoms with Gasteiger partial charge in [0.05, 0.1) is 7.11 Å². The highest BCUT2D eigenvalue weighted by atomic mass is 16.8. The van der Waals surface area contributed by atoms with E-state index in [0.29, 0.717) is 18.9 Å². The maximum absolute atomic E-state index is 12.0. The molecule has 1 rings (SSSR count). The number of benzene rings is 1. The van der Waals surface area contributed by atoms with Gasteiger partial charge in [0, 0.05) is 13.0 Å². The summed E-state index contributed by atoms with van der Waals surface area (Å²) in [6.45, 7) is 3.06. The minimum absolute atomic E-state index is 0.0341. The molecule has 0 bridgehead atoms. The van der Waals surface area contributed by atoms with Crippen molar-refractivity contribution in [2.24, 2.45) is 5.92 Å². The van der Waals surface area contributed by atoms with Crippen molar-refractivity contribution in [1.82, 2.24) is 5.32 Å². The molecule has 0 aliphatic carbocycles. The molecule has 0 heterocycles.